The molecule has 2 N–H and O–H groups in total. The lowest BCUT2D eigenvalue weighted by molar-refractivity contribution is 0.0504. The van der Waals surface area contributed by atoms with Crippen molar-refractivity contribution < 1.29 is 13.9 Å². The Morgan fingerprint density at radius 3 is 2.95 bits per heavy atom. The highest BCUT2D eigenvalue weighted by atomic mass is 32.1. The van der Waals surface area contributed by atoms with Crippen molar-refractivity contribution in [1.82, 2.24) is 0 Å². The number of carbonyl (C=O) groups is 1. The van der Waals surface area contributed by atoms with Crippen molar-refractivity contribution in [1.29, 1.82) is 0 Å². The molecule has 0 atom stereocenters. The van der Waals surface area contributed by atoms with Crippen LogP contribution in [0.1, 0.15) is 20.8 Å². The molecule has 0 radical (unpaired) electrons. The maximum Gasteiger partial charge on any atom is 0.341 e. The molecule has 0 amide bonds. The molecule has 0 saturated heterocycles. The Morgan fingerprint density at radius 1 is 1.47 bits per heavy atom. The minimum absolute atomic E-state index is 0.108. The standard InChI is InChI=1S/C14H14FNO2S/c1-9-7-10(16)8-12(13(9)15)14(17)18-5-4-11-3-2-6-19-11/h2-3,6-8H,4-5,16H2,1H3. The lowest BCUT2D eigenvalue weighted by Gasteiger charge is -2.07. The van der Waals surface area contributed by atoms with Gasteiger partial charge in [-0.2, -0.15) is 0 Å². The van der Waals surface area contributed by atoms with Gasteiger partial charge in [0.1, 0.15) is 5.82 Å². The summed E-state index contributed by atoms with van der Waals surface area (Å²) in [7, 11) is 0. The fourth-order valence-corrected chi connectivity index (χ4v) is 2.41. The second-order valence-electron chi connectivity index (χ2n) is 4.16. The van der Waals surface area contributed by atoms with E-state index < -0.39 is 11.8 Å². The van der Waals surface area contributed by atoms with Crippen LogP contribution in [0.25, 0.3) is 0 Å². The molecule has 0 saturated carbocycles. The van der Waals surface area contributed by atoms with Crippen molar-refractivity contribution >= 4 is 23.0 Å². The average molecular weight is 279 g/mol. The zero-order valence-electron chi connectivity index (χ0n) is 10.5. The summed E-state index contributed by atoms with van der Waals surface area (Å²) in [6.07, 6.45) is 0.631. The average Bonchev–Trinajstić information content (AvgIpc) is 2.86. The van der Waals surface area contributed by atoms with E-state index in [1.54, 1.807) is 18.3 Å². The van der Waals surface area contributed by atoms with Gasteiger partial charge in [0.25, 0.3) is 0 Å². The molecule has 0 spiro atoms. The minimum Gasteiger partial charge on any atom is -0.462 e. The van der Waals surface area contributed by atoms with E-state index >= 15 is 0 Å². The number of hydrogen-bond acceptors (Lipinski definition) is 4. The number of rotatable bonds is 4. The van der Waals surface area contributed by atoms with Crippen molar-refractivity contribution in [2.75, 3.05) is 12.3 Å². The van der Waals surface area contributed by atoms with Gasteiger partial charge in [-0.05, 0) is 36.1 Å². The number of hydrogen-bond donors (Lipinski definition) is 1. The number of esters is 1. The molecule has 1 heterocycles. The highest BCUT2D eigenvalue weighted by molar-refractivity contribution is 7.09. The van der Waals surface area contributed by atoms with E-state index in [2.05, 4.69) is 0 Å². The molecule has 19 heavy (non-hydrogen) atoms. The summed E-state index contributed by atoms with van der Waals surface area (Å²) in [5.74, 6) is -1.25. The molecule has 2 rings (SSSR count). The highest BCUT2D eigenvalue weighted by Crippen LogP contribution is 2.18. The maximum atomic E-state index is 13.8. The van der Waals surface area contributed by atoms with E-state index in [1.807, 2.05) is 17.5 Å². The quantitative estimate of drug-likeness (QED) is 0.691. The van der Waals surface area contributed by atoms with Gasteiger partial charge in [-0.15, -0.1) is 11.3 Å². The lowest BCUT2D eigenvalue weighted by atomic mass is 10.1. The Labute approximate surface area is 114 Å². The van der Waals surface area contributed by atoms with Crippen LogP contribution in [0.15, 0.2) is 29.6 Å². The number of thiophene rings is 1. The Hall–Kier alpha value is -1.88. The third-order valence-corrected chi connectivity index (χ3v) is 3.59. The molecule has 1 aromatic carbocycles. The maximum absolute atomic E-state index is 13.8. The number of nitrogen functional groups attached to an aromatic ring is 1. The minimum atomic E-state index is -0.676. The van der Waals surface area contributed by atoms with Gasteiger partial charge in [-0.3, -0.25) is 0 Å². The van der Waals surface area contributed by atoms with Crippen LogP contribution in [-0.4, -0.2) is 12.6 Å². The Kier molecular flexibility index (Phi) is 4.16. The Morgan fingerprint density at radius 2 is 2.26 bits per heavy atom. The summed E-state index contributed by atoms with van der Waals surface area (Å²) in [4.78, 5) is 12.9. The molecule has 0 bridgehead atoms. The molecular formula is C14H14FNO2S. The summed E-state index contributed by atoms with van der Waals surface area (Å²) in [6.45, 7) is 1.79. The molecule has 0 aliphatic rings. The topological polar surface area (TPSA) is 52.3 Å². The van der Waals surface area contributed by atoms with E-state index in [-0.39, 0.29) is 12.2 Å². The fourth-order valence-electron chi connectivity index (χ4n) is 1.72. The van der Waals surface area contributed by atoms with Gasteiger partial charge in [-0.25, -0.2) is 9.18 Å². The van der Waals surface area contributed by atoms with Gasteiger partial charge in [0.05, 0.1) is 12.2 Å². The molecule has 0 aliphatic carbocycles. The van der Waals surface area contributed by atoms with E-state index in [4.69, 9.17) is 10.5 Å². The first-order valence-electron chi connectivity index (χ1n) is 5.83. The normalized spacial score (nSPS) is 10.4. The van der Waals surface area contributed by atoms with Gasteiger partial charge < -0.3 is 10.5 Å². The number of nitrogens with two attached hydrogens (primary N) is 1. The van der Waals surface area contributed by atoms with Crippen LogP contribution in [-0.2, 0) is 11.2 Å². The number of anilines is 1. The number of aryl methyl sites for hydroxylation is 1. The van der Waals surface area contributed by atoms with E-state index in [9.17, 15) is 9.18 Å². The van der Waals surface area contributed by atoms with Crippen LogP contribution in [0.2, 0.25) is 0 Å². The third kappa shape index (κ3) is 3.32. The molecule has 0 fully saturated rings. The first-order valence-corrected chi connectivity index (χ1v) is 6.71. The smallest absolute Gasteiger partial charge is 0.341 e. The summed E-state index contributed by atoms with van der Waals surface area (Å²) in [5.41, 5.74) is 6.18. The first kappa shape index (κ1) is 13.5. The molecule has 3 nitrogen and oxygen atoms in total. The van der Waals surface area contributed by atoms with Gasteiger partial charge in [0, 0.05) is 17.0 Å². The molecule has 5 heteroatoms. The van der Waals surface area contributed by atoms with Crippen LogP contribution < -0.4 is 5.73 Å². The SMILES string of the molecule is Cc1cc(N)cc(C(=O)OCCc2cccs2)c1F. The van der Waals surface area contributed by atoms with Crippen molar-refractivity contribution in [3.05, 3.63) is 51.5 Å². The van der Waals surface area contributed by atoms with E-state index in [1.165, 1.54) is 12.1 Å². The van der Waals surface area contributed by atoms with Crippen LogP contribution in [0.5, 0.6) is 0 Å². The van der Waals surface area contributed by atoms with Gasteiger partial charge in [0.15, 0.2) is 0 Å². The van der Waals surface area contributed by atoms with Crippen molar-refractivity contribution in [2.45, 2.75) is 13.3 Å². The van der Waals surface area contributed by atoms with Crippen LogP contribution in [0.4, 0.5) is 10.1 Å². The fraction of sp³-hybridized carbons (Fsp3) is 0.214. The predicted molar refractivity (Wildman–Crippen MR) is 73.9 cm³/mol. The first-order chi connectivity index (χ1) is 9.08. The van der Waals surface area contributed by atoms with Crippen molar-refractivity contribution in [2.24, 2.45) is 0 Å². The number of benzene rings is 1. The second kappa shape index (κ2) is 5.84. The number of halogens is 1. The molecule has 0 aliphatic heterocycles. The van der Waals surface area contributed by atoms with E-state index in [0.29, 0.717) is 17.7 Å². The molecule has 0 unspecified atom stereocenters. The van der Waals surface area contributed by atoms with Crippen molar-refractivity contribution in [3.8, 4) is 0 Å². The van der Waals surface area contributed by atoms with Crippen molar-refractivity contribution in [3.63, 3.8) is 0 Å². The molecule has 1 aromatic heterocycles. The Balaban J connectivity index is 2.00. The number of ether oxygens (including phenoxy) is 1. The number of carbonyl (C=O) groups excluding carboxylic acids is 1. The largest absolute Gasteiger partial charge is 0.462 e. The van der Waals surface area contributed by atoms with Gasteiger partial charge in [-0.1, -0.05) is 6.07 Å². The van der Waals surface area contributed by atoms with Gasteiger partial charge >= 0.3 is 5.97 Å². The third-order valence-electron chi connectivity index (χ3n) is 2.66. The summed E-state index contributed by atoms with van der Waals surface area (Å²) >= 11 is 1.59. The van der Waals surface area contributed by atoms with Crippen LogP contribution >= 0.6 is 11.3 Å². The monoisotopic (exact) mass is 279 g/mol. The second-order valence-corrected chi connectivity index (χ2v) is 5.20. The zero-order chi connectivity index (χ0) is 13.8. The summed E-state index contributed by atoms with van der Waals surface area (Å²) < 4.78 is 18.8. The van der Waals surface area contributed by atoms with Gasteiger partial charge in [0.2, 0.25) is 0 Å². The molecule has 2 aromatic rings. The zero-order valence-corrected chi connectivity index (χ0v) is 11.3. The van der Waals surface area contributed by atoms with Crippen LogP contribution in [0, 0.1) is 12.7 Å². The molecule has 100 valence electrons. The predicted octanol–water partition coefficient (Wildman–Crippen LogP) is 3.18. The lowest BCUT2D eigenvalue weighted by Crippen LogP contribution is -2.11. The Bertz CT molecular complexity index is 581. The van der Waals surface area contributed by atoms with Crippen LogP contribution in [0.3, 0.4) is 0 Å². The summed E-state index contributed by atoms with van der Waals surface area (Å²) in [5, 5.41) is 1.96. The summed E-state index contributed by atoms with van der Waals surface area (Å²) in [6, 6.07) is 6.68. The highest BCUT2D eigenvalue weighted by Gasteiger charge is 2.16. The molecular weight excluding hydrogens is 265 g/mol. The van der Waals surface area contributed by atoms with E-state index in [0.717, 1.165) is 4.88 Å².